The fourth-order valence-corrected chi connectivity index (χ4v) is 3.67. The molecule has 2 aromatic carbocycles. The molecule has 0 spiro atoms. The predicted octanol–water partition coefficient (Wildman–Crippen LogP) is 6.74. The summed E-state index contributed by atoms with van der Waals surface area (Å²) in [6.45, 7) is 0. The molecular weight excluding hydrogens is 461 g/mol. The number of anilines is 2. The van der Waals surface area contributed by atoms with E-state index in [2.05, 4.69) is 10.3 Å². The normalized spacial score (nSPS) is 11.2. The maximum atomic E-state index is 12.8. The molecule has 0 saturated carbocycles. The first-order valence-corrected chi connectivity index (χ1v) is 11.0. The van der Waals surface area contributed by atoms with Gasteiger partial charge in [0.2, 0.25) is 0 Å². The summed E-state index contributed by atoms with van der Waals surface area (Å²) >= 11 is 12.1. The standard InChI is InChI=1S/C25H23Cl2N3O3/c1-30(25(33)29-23-12-11-19(26)15-22(23)27)20-8-4-6-17(14-20)21(9-2-3-10-24(31)32)18-7-5-13-28-16-18/h4-9,11-16H,2-3,10H2,1H3,(H,29,33)(H,31,32). The van der Waals surface area contributed by atoms with Crippen LogP contribution in [0.3, 0.4) is 0 Å². The lowest BCUT2D eigenvalue weighted by Crippen LogP contribution is -2.31. The van der Waals surface area contributed by atoms with Crippen LogP contribution in [0.5, 0.6) is 0 Å². The highest BCUT2D eigenvalue weighted by Gasteiger charge is 2.15. The van der Waals surface area contributed by atoms with E-state index in [0.29, 0.717) is 34.3 Å². The number of aliphatic carboxylic acids is 1. The molecule has 3 rings (SSSR count). The van der Waals surface area contributed by atoms with Crippen LogP contribution in [0.1, 0.15) is 30.4 Å². The van der Waals surface area contributed by atoms with Crippen molar-refractivity contribution in [1.82, 2.24) is 4.98 Å². The fourth-order valence-electron chi connectivity index (χ4n) is 3.21. The molecule has 0 saturated heterocycles. The number of halogens is 2. The summed E-state index contributed by atoms with van der Waals surface area (Å²) < 4.78 is 0. The van der Waals surface area contributed by atoms with Crippen molar-refractivity contribution in [2.75, 3.05) is 17.3 Å². The van der Waals surface area contributed by atoms with Crippen molar-refractivity contribution in [3.05, 3.63) is 94.2 Å². The van der Waals surface area contributed by atoms with Crippen molar-refractivity contribution in [3.8, 4) is 0 Å². The van der Waals surface area contributed by atoms with E-state index in [0.717, 1.165) is 16.7 Å². The number of rotatable bonds is 8. The molecule has 0 aliphatic heterocycles. The maximum absolute atomic E-state index is 12.8. The number of hydrogen-bond acceptors (Lipinski definition) is 3. The first kappa shape index (κ1) is 24.3. The molecule has 1 aromatic heterocycles. The second-order valence-corrected chi connectivity index (χ2v) is 8.15. The Morgan fingerprint density at radius 2 is 1.88 bits per heavy atom. The van der Waals surface area contributed by atoms with E-state index in [9.17, 15) is 9.59 Å². The molecule has 33 heavy (non-hydrogen) atoms. The van der Waals surface area contributed by atoms with E-state index in [-0.39, 0.29) is 12.5 Å². The van der Waals surface area contributed by atoms with Crippen molar-refractivity contribution >= 4 is 52.2 Å². The van der Waals surface area contributed by atoms with Crippen LogP contribution >= 0.6 is 23.2 Å². The van der Waals surface area contributed by atoms with Crippen LogP contribution in [0.2, 0.25) is 10.0 Å². The Morgan fingerprint density at radius 1 is 1.09 bits per heavy atom. The van der Waals surface area contributed by atoms with Crippen LogP contribution in [-0.2, 0) is 4.79 Å². The third kappa shape index (κ3) is 6.81. The number of urea groups is 1. The molecule has 170 valence electrons. The highest BCUT2D eigenvalue weighted by Crippen LogP contribution is 2.29. The third-order valence-corrected chi connectivity index (χ3v) is 5.49. The van der Waals surface area contributed by atoms with E-state index < -0.39 is 5.97 Å². The van der Waals surface area contributed by atoms with Gasteiger partial charge in [0.1, 0.15) is 0 Å². The van der Waals surface area contributed by atoms with Gasteiger partial charge in [0, 0.05) is 42.1 Å². The summed E-state index contributed by atoms with van der Waals surface area (Å²) in [6, 6.07) is 15.8. The van der Waals surface area contributed by atoms with Crippen molar-refractivity contribution in [2.45, 2.75) is 19.3 Å². The van der Waals surface area contributed by atoms with Gasteiger partial charge in [0.25, 0.3) is 0 Å². The minimum absolute atomic E-state index is 0.104. The summed E-state index contributed by atoms with van der Waals surface area (Å²) in [5, 5.41) is 12.5. The number of carbonyl (C=O) groups excluding carboxylic acids is 1. The lowest BCUT2D eigenvalue weighted by atomic mass is 9.97. The van der Waals surface area contributed by atoms with Gasteiger partial charge in [0.15, 0.2) is 0 Å². The number of nitrogens with one attached hydrogen (secondary N) is 1. The Labute approximate surface area is 202 Å². The summed E-state index contributed by atoms with van der Waals surface area (Å²) in [7, 11) is 1.67. The molecule has 6 nitrogen and oxygen atoms in total. The predicted molar refractivity (Wildman–Crippen MR) is 133 cm³/mol. The van der Waals surface area contributed by atoms with Crippen molar-refractivity contribution in [2.24, 2.45) is 0 Å². The minimum atomic E-state index is -0.818. The number of benzene rings is 2. The Kier molecular flexibility index (Phi) is 8.46. The smallest absolute Gasteiger partial charge is 0.326 e. The van der Waals surface area contributed by atoms with Gasteiger partial charge >= 0.3 is 12.0 Å². The van der Waals surface area contributed by atoms with E-state index in [1.807, 2.05) is 42.5 Å². The average Bonchev–Trinajstić information content (AvgIpc) is 2.81. The SMILES string of the molecule is CN(C(=O)Nc1ccc(Cl)cc1Cl)c1cccc(C(=CCCCC(=O)O)c2cccnc2)c1. The number of unbranched alkanes of at least 4 members (excludes halogenated alkanes) is 1. The zero-order valence-corrected chi connectivity index (χ0v) is 19.5. The Bertz CT molecular complexity index is 1170. The maximum Gasteiger partial charge on any atom is 0.326 e. The Hall–Kier alpha value is -3.35. The Balaban J connectivity index is 1.84. The number of nitrogens with zero attached hydrogens (tertiary/aromatic N) is 2. The molecule has 0 atom stereocenters. The summed E-state index contributed by atoms with van der Waals surface area (Å²) in [4.78, 5) is 29.4. The number of pyridine rings is 1. The molecule has 3 aromatic rings. The molecule has 0 aliphatic carbocycles. The highest BCUT2D eigenvalue weighted by molar-refractivity contribution is 6.36. The van der Waals surface area contributed by atoms with Crippen molar-refractivity contribution in [1.29, 1.82) is 0 Å². The van der Waals surface area contributed by atoms with Crippen LogP contribution in [0.25, 0.3) is 5.57 Å². The number of amides is 2. The lowest BCUT2D eigenvalue weighted by Gasteiger charge is -2.20. The first-order valence-electron chi connectivity index (χ1n) is 10.3. The summed E-state index contributed by atoms with van der Waals surface area (Å²) in [6.07, 6.45) is 6.70. The van der Waals surface area contributed by atoms with Gasteiger partial charge in [-0.25, -0.2) is 4.79 Å². The van der Waals surface area contributed by atoms with Gasteiger partial charge in [-0.15, -0.1) is 0 Å². The van der Waals surface area contributed by atoms with E-state index in [1.54, 1.807) is 37.6 Å². The monoisotopic (exact) mass is 483 g/mol. The van der Waals surface area contributed by atoms with Gasteiger partial charge in [-0.3, -0.25) is 14.7 Å². The molecule has 0 radical (unpaired) electrons. The Morgan fingerprint density at radius 3 is 2.58 bits per heavy atom. The number of carbonyl (C=O) groups is 2. The highest BCUT2D eigenvalue weighted by atomic mass is 35.5. The van der Waals surface area contributed by atoms with Crippen LogP contribution in [0.15, 0.2) is 73.1 Å². The molecule has 1 heterocycles. The number of carboxylic acids is 1. The van der Waals surface area contributed by atoms with Gasteiger partial charge in [-0.05, 0) is 60.4 Å². The van der Waals surface area contributed by atoms with Gasteiger partial charge in [0.05, 0.1) is 10.7 Å². The van der Waals surface area contributed by atoms with Gasteiger partial charge < -0.3 is 10.4 Å². The van der Waals surface area contributed by atoms with E-state index >= 15 is 0 Å². The zero-order valence-electron chi connectivity index (χ0n) is 18.0. The van der Waals surface area contributed by atoms with Crippen molar-refractivity contribution < 1.29 is 14.7 Å². The summed E-state index contributed by atoms with van der Waals surface area (Å²) in [5.74, 6) is -0.818. The number of aromatic nitrogens is 1. The van der Waals surface area contributed by atoms with Crippen molar-refractivity contribution in [3.63, 3.8) is 0 Å². The average molecular weight is 484 g/mol. The van der Waals surface area contributed by atoms with Crippen LogP contribution < -0.4 is 10.2 Å². The third-order valence-electron chi connectivity index (χ3n) is 4.94. The van der Waals surface area contributed by atoms with Gasteiger partial charge in [-0.2, -0.15) is 0 Å². The number of hydrogen-bond donors (Lipinski definition) is 2. The van der Waals surface area contributed by atoms with Crippen LogP contribution in [0, 0.1) is 0 Å². The largest absolute Gasteiger partial charge is 0.481 e. The molecule has 0 aliphatic rings. The molecule has 2 N–H and O–H groups in total. The fraction of sp³-hybridized carbons (Fsp3) is 0.160. The molecule has 2 amide bonds. The topological polar surface area (TPSA) is 82.5 Å². The molecule has 0 bridgehead atoms. The minimum Gasteiger partial charge on any atom is -0.481 e. The van der Waals surface area contributed by atoms with E-state index in [1.165, 1.54) is 4.90 Å². The zero-order chi connectivity index (χ0) is 23.8. The van der Waals surface area contributed by atoms with Gasteiger partial charge in [-0.1, -0.05) is 47.5 Å². The second kappa shape index (κ2) is 11.5. The number of carboxylic acid groups (broad SMARTS) is 1. The van der Waals surface area contributed by atoms with E-state index in [4.69, 9.17) is 28.3 Å². The molecule has 0 fully saturated rings. The number of allylic oxidation sites excluding steroid dienone is 1. The summed E-state index contributed by atoms with van der Waals surface area (Å²) in [5.41, 5.74) is 3.86. The lowest BCUT2D eigenvalue weighted by molar-refractivity contribution is -0.137. The van der Waals surface area contributed by atoms with Crippen LogP contribution in [0.4, 0.5) is 16.2 Å². The van der Waals surface area contributed by atoms with Crippen LogP contribution in [-0.4, -0.2) is 29.1 Å². The molecule has 0 unspecified atom stereocenters. The first-order chi connectivity index (χ1) is 15.8. The molecule has 8 heteroatoms. The second-order valence-electron chi connectivity index (χ2n) is 7.31. The quantitative estimate of drug-likeness (QED) is 0.347. The molecular formula is C25H23Cl2N3O3.